The Bertz CT molecular complexity index is 567. The standard InChI is InChI=1S/C15H24N2O2S/c1-15(2)6-7-17(12-15)8-9-20(18,19)14-5-3-4-13(10-14)11-16/h3-5,10H,6-9,11-12,16H2,1-2H3. The summed E-state index contributed by atoms with van der Waals surface area (Å²) in [5, 5.41) is 0. The summed E-state index contributed by atoms with van der Waals surface area (Å²) in [4.78, 5) is 2.63. The van der Waals surface area contributed by atoms with Crippen molar-refractivity contribution in [3.05, 3.63) is 29.8 Å². The molecule has 20 heavy (non-hydrogen) atoms. The van der Waals surface area contributed by atoms with Crippen molar-refractivity contribution in [3.63, 3.8) is 0 Å². The summed E-state index contributed by atoms with van der Waals surface area (Å²) in [6.07, 6.45) is 1.13. The Labute approximate surface area is 121 Å². The van der Waals surface area contributed by atoms with Crippen molar-refractivity contribution in [3.8, 4) is 0 Å². The molecule has 1 saturated heterocycles. The predicted molar refractivity (Wildman–Crippen MR) is 81.2 cm³/mol. The quantitative estimate of drug-likeness (QED) is 0.897. The normalized spacial score (nSPS) is 19.4. The lowest BCUT2D eigenvalue weighted by atomic mass is 9.93. The van der Waals surface area contributed by atoms with Gasteiger partial charge in [0.15, 0.2) is 9.84 Å². The topological polar surface area (TPSA) is 63.4 Å². The summed E-state index contributed by atoms with van der Waals surface area (Å²) in [6, 6.07) is 6.95. The molecule has 2 rings (SSSR count). The second kappa shape index (κ2) is 5.84. The highest BCUT2D eigenvalue weighted by atomic mass is 32.2. The SMILES string of the molecule is CC1(C)CCN(CCS(=O)(=O)c2cccc(CN)c2)C1. The molecule has 1 fully saturated rings. The van der Waals surface area contributed by atoms with Crippen LogP contribution in [0.15, 0.2) is 29.2 Å². The molecule has 1 heterocycles. The molecule has 1 aliphatic heterocycles. The van der Waals surface area contributed by atoms with E-state index >= 15 is 0 Å². The lowest BCUT2D eigenvalue weighted by Crippen LogP contribution is -2.29. The molecule has 0 unspecified atom stereocenters. The molecular formula is C15H24N2O2S. The van der Waals surface area contributed by atoms with Gasteiger partial charge in [0, 0.05) is 19.6 Å². The number of hydrogen-bond acceptors (Lipinski definition) is 4. The summed E-state index contributed by atoms with van der Waals surface area (Å²) in [6.45, 7) is 7.40. The molecule has 4 nitrogen and oxygen atoms in total. The first-order valence-corrected chi connectivity index (χ1v) is 8.72. The zero-order chi connectivity index (χ0) is 14.8. The molecule has 0 aromatic heterocycles. The minimum Gasteiger partial charge on any atom is -0.326 e. The monoisotopic (exact) mass is 296 g/mol. The van der Waals surface area contributed by atoms with Crippen molar-refractivity contribution in [1.82, 2.24) is 4.90 Å². The number of sulfone groups is 1. The molecule has 1 aromatic rings. The van der Waals surface area contributed by atoms with E-state index < -0.39 is 9.84 Å². The number of nitrogens with two attached hydrogens (primary N) is 1. The van der Waals surface area contributed by atoms with Crippen molar-refractivity contribution in [2.24, 2.45) is 11.1 Å². The van der Waals surface area contributed by atoms with Crippen molar-refractivity contribution in [2.75, 3.05) is 25.4 Å². The van der Waals surface area contributed by atoms with Gasteiger partial charge in [-0.2, -0.15) is 0 Å². The van der Waals surface area contributed by atoms with Crippen LogP contribution in [0.25, 0.3) is 0 Å². The molecule has 0 radical (unpaired) electrons. The van der Waals surface area contributed by atoms with E-state index in [1.54, 1.807) is 18.2 Å². The first-order valence-electron chi connectivity index (χ1n) is 7.07. The zero-order valence-electron chi connectivity index (χ0n) is 12.3. The number of rotatable bonds is 5. The third-order valence-corrected chi connectivity index (χ3v) is 5.62. The number of benzene rings is 1. The fourth-order valence-corrected chi connectivity index (χ4v) is 4.00. The Hall–Kier alpha value is -0.910. The second-order valence-electron chi connectivity index (χ2n) is 6.36. The van der Waals surface area contributed by atoms with Gasteiger partial charge < -0.3 is 10.6 Å². The van der Waals surface area contributed by atoms with Crippen LogP contribution in [0.3, 0.4) is 0 Å². The zero-order valence-corrected chi connectivity index (χ0v) is 13.1. The molecule has 0 aliphatic carbocycles. The van der Waals surface area contributed by atoms with Crippen LogP contribution in [0.1, 0.15) is 25.8 Å². The van der Waals surface area contributed by atoms with Crippen molar-refractivity contribution >= 4 is 9.84 Å². The van der Waals surface area contributed by atoms with Gasteiger partial charge in [0.25, 0.3) is 0 Å². The van der Waals surface area contributed by atoms with E-state index in [1.165, 1.54) is 0 Å². The van der Waals surface area contributed by atoms with Crippen LogP contribution in [-0.4, -0.2) is 38.7 Å². The van der Waals surface area contributed by atoms with Gasteiger partial charge in [-0.25, -0.2) is 8.42 Å². The van der Waals surface area contributed by atoms with E-state index in [2.05, 4.69) is 18.7 Å². The maximum Gasteiger partial charge on any atom is 0.179 e. The molecule has 0 bridgehead atoms. The van der Waals surface area contributed by atoms with Gasteiger partial charge in [-0.15, -0.1) is 0 Å². The van der Waals surface area contributed by atoms with Crippen LogP contribution < -0.4 is 5.73 Å². The smallest absolute Gasteiger partial charge is 0.179 e. The molecular weight excluding hydrogens is 272 g/mol. The molecule has 2 N–H and O–H groups in total. The summed E-state index contributed by atoms with van der Waals surface area (Å²) < 4.78 is 24.7. The number of nitrogens with zero attached hydrogens (tertiary/aromatic N) is 1. The largest absolute Gasteiger partial charge is 0.326 e. The maximum absolute atomic E-state index is 12.4. The fourth-order valence-electron chi connectivity index (χ4n) is 2.65. The highest BCUT2D eigenvalue weighted by Gasteiger charge is 2.29. The predicted octanol–water partition coefficient (Wildman–Crippen LogP) is 1.65. The minimum atomic E-state index is -3.21. The van der Waals surface area contributed by atoms with Crippen LogP contribution in [-0.2, 0) is 16.4 Å². The molecule has 0 saturated carbocycles. The van der Waals surface area contributed by atoms with Gasteiger partial charge in [0.2, 0.25) is 0 Å². The summed E-state index contributed by atoms with van der Waals surface area (Å²) in [7, 11) is -3.21. The van der Waals surface area contributed by atoms with Crippen LogP contribution >= 0.6 is 0 Å². The van der Waals surface area contributed by atoms with E-state index in [9.17, 15) is 8.42 Å². The number of likely N-dealkylation sites (tertiary alicyclic amines) is 1. The highest BCUT2D eigenvalue weighted by Crippen LogP contribution is 2.28. The molecule has 1 aromatic carbocycles. The molecule has 5 heteroatoms. The third-order valence-electron chi connectivity index (χ3n) is 3.93. The van der Waals surface area contributed by atoms with E-state index in [0.717, 1.165) is 25.1 Å². The van der Waals surface area contributed by atoms with Gasteiger partial charge in [0.05, 0.1) is 10.6 Å². The first-order chi connectivity index (χ1) is 9.32. The third kappa shape index (κ3) is 3.81. The maximum atomic E-state index is 12.4. The Morgan fingerprint density at radius 1 is 1.35 bits per heavy atom. The average Bonchev–Trinajstić information content (AvgIpc) is 2.76. The van der Waals surface area contributed by atoms with Gasteiger partial charge in [0.1, 0.15) is 0 Å². The molecule has 0 amide bonds. The average molecular weight is 296 g/mol. The minimum absolute atomic E-state index is 0.178. The van der Waals surface area contributed by atoms with E-state index in [0.29, 0.717) is 23.4 Å². The molecule has 1 aliphatic rings. The van der Waals surface area contributed by atoms with Gasteiger partial charge >= 0.3 is 0 Å². The second-order valence-corrected chi connectivity index (χ2v) is 8.47. The van der Waals surface area contributed by atoms with Crippen LogP contribution in [0.4, 0.5) is 0 Å². The molecule has 0 spiro atoms. The Morgan fingerprint density at radius 3 is 2.70 bits per heavy atom. The van der Waals surface area contributed by atoms with Gasteiger partial charge in [-0.1, -0.05) is 26.0 Å². The number of hydrogen-bond donors (Lipinski definition) is 1. The summed E-state index contributed by atoms with van der Waals surface area (Å²) >= 11 is 0. The lowest BCUT2D eigenvalue weighted by molar-refractivity contribution is 0.304. The highest BCUT2D eigenvalue weighted by molar-refractivity contribution is 7.91. The van der Waals surface area contributed by atoms with Crippen LogP contribution in [0, 0.1) is 5.41 Å². The van der Waals surface area contributed by atoms with Crippen molar-refractivity contribution in [2.45, 2.75) is 31.7 Å². The lowest BCUT2D eigenvalue weighted by Gasteiger charge is -2.19. The fraction of sp³-hybridized carbons (Fsp3) is 0.600. The van der Waals surface area contributed by atoms with Crippen LogP contribution in [0.5, 0.6) is 0 Å². The Kier molecular flexibility index (Phi) is 4.52. The van der Waals surface area contributed by atoms with Crippen LogP contribution in [0.2, 0.25) is 0 Å². The summed E-state index contributed by atoms with van der Waals surface area (Å²) in [5.41, 5.74) is 6.73. The van der Waals surface area contributed by atoms with E-state index in [4.69, 9.17) is 5.73 Å². The van der Waals surface area contributed by atoms with Crippen molar-refractivity contribution < 1.29 is 8.42 Å². The molecule has 112 valence electrons. The van der Waals surface area contributed by atoms with Gasteiger partial charge in [-0.3, -0.25) is 0 Å². The van der Waals surface area contributed by atoms with E-state index in [1.807, 2.05) is 6.07 Å². The summed E-state index contributed by atoms with van der Waals surface area (Å²) in [5.74, 6) is 0.178. The Morgan fingerprint density at radius 2 is 2.10 bits per heavy atom. The van der Waals surface area contributed by atoms with Crippen molar-refractivity contribution in [1.29, 1.82) is 0 Å². The Balaban J connectivity index is 2.01. The first kappa shape index (κ1) is 15.5. The van der Waals surface area contributed by atoms with E-state index in [-0.39, 0.29) is 5.75 Å². The molecule has 0 atom stereocenters. The van der Waals surface area contributed by atoms with Gasteiger partial charge in [-0.05, 0) is 36.1 Å².